The predicted octanol–water partition coefficient (Wildman–Crippen LogP) is 6.22. The molecule has 0 heterocycles. The molecule has 0 rings (SSSR count). The second-order valence-electron chi connectivity index (χ2n) is 9.73. The highest BCUT2D eigenvalue weighted by Gasteiger charge is 2.15. The van der Waals surface area contributed by atoms with Gasteiger partial charge in [0, 0.05) is 6.61 Å². The van der Waals surface area contributed by atoms with Gasteiger partial charge in [0.05, 0.1) is 12.2 Å². The molecule has 0 fully saturated rings. The van der Waals surface area contributed by atoms with Crippen molar-refractivity contribution in [3.05, 3.63) is 0 Å². The van der Waals surface area contributed by atoms with Gasteiger partial charge in [-0.3, -0.25) is 4.79 Å². The Labute approximate surface area is 216 Å². The van der Waals surface area contributed by atoms with E-state index in [1.807, 2.05) is 6.92 Å². The van der Waals surface area contributed by atoms with E-state index < -0.39 is 18.1 Å². The number of hydrogen-bond acceptors (Lipinski definition) is 5. The molecule has 0 saturated carbocycles. The van der Waals surface area contributed by atoms with Crippen LogP contribution in [0.3, 0.4) is 0 Å². The summed E-state index contributed by atoms with van der Waals surface area (Å²) in [4.78, 5) is 10.7. The van der Waals surface area contributed by atoms with Gasteiger partial charge in [-0.15, -0.1) is 12.4 Å². The molecule has 5 N–H and O–H groups in total. The minimum atomic E-state index is -0.924. The van der Waals surface area contributed by atoms with Crippen molar-refractivity contribution in [2.45, 2.75) is 148 Å². The molecule has 0 spiro atoms. The van der Waals surface area contributed by atoms with Crippen molar-refractivity contribution in [3.63, 3.8) is 0 Å². The molecular weight excluding hydrogens is 452 g/mol. The molecule has 0 aliphatic rings. The van der Waals surface area contributed by atoms with E-state index in [9.17, 15) is 9.90 Å². The zero-order valence-electron chi connectivity index (χ0n) is 22.3. The van der Waals surface area contributed by atoms with Crippen LogP contribution in [0.4, 0.5) is 0 Å². The number of hydrogen-bond donors (Lipinski definition) is 4. The number of carbonyl (C=O) groups is 1. The van der Waals surface area contributed by atoms with Crippen molar-refractivity contribution in [1.29, 1.82) is 0 Å². The van der Waals surface area contributed by atoms with Gasteiger partial charge in [-0.05, 0) is 45.7 Å². The zero-order valence-corrected chi connectivity index (χ0v) is 23.1. The summed E-state index contributed by atoms with van der Waals surface area (Å²) in [5.74, 6) is -0.924. The summed E-state index contributed by atoms with van der Waals surface area (Å²) in [5, 5.41) is 22.1. The van der Waals surface area contributed by atoms with Crippen LogP contribution in [0.15, 0.2) is 0 Å². The minimum Gasteiger partial charge on any atom is -0.480 e. The van der Waals surface area contributed by atoms with Gasteiger partial charge in [-0.25, -0.2) is 0 Å². The van der Waals surface area contributed by atoms with Crippen LogP contribution in [0.25, 0.3) is 0 Å². The summed E-state index contributed by atoms with van der Waals surface area (Å²) in [6.07, 6.45) is 21.2. The maximum atomic E-state index is 10.7. The number of unbranched alkanes of at least 4 members (excludes halogenated alkanes) is 13. The van der Waals surface area contributed by atoms with Crippen LogP contribution < -0.4 is 11.1 Å². The number of aliphatic carboxylic acids is 1. The van der Waals surface area contributed by atoms with Crippen LogP contribution in [-0.4, -0.2) is 54.1 Å². The molecule has 0 aromatic carbocycles. The first kappa shape index (κ1) is 35.8. The van der Waals surface area contributed by atoms with E-state index in [-0.39, 0.29) is 18.5 Å². The van der Waals surface area contributed by atoms with Gasteiger partial charge in [0.25, 0.3) is 0 Å². The first-order chi connectivity index (χ1) is 16.0. The molecule has 3 atom stereocenters. The average Bonchev–Trinajstić information content (AvgIpc) is 2.79. The molecule has 0 aromatic rings. The SMILES string of the molecule is CCCCCCCCCCCCCCCC(OCCCNCCCC[C@H](N)C(=O)O)C(C)O.Cl. The van der Waals surface area contributed by atoms with E-state index >= 15 is 0 Å². The third-order valence-electron chi connectivity index (χ3n) is 6.40. The molecule has 0 aliphatic carbocycles. The van der Waals surface area contributed by atoms with Crippen LogP contribution in [-0.2, 0) is 9.53 Å². The first-order valence-electron chi connectivity index (χ1n) is 14.0. The summed E-state index contributed by atoms with van der Waals surface area (Å²) in [7, 11) is 0. The van der Waals surface area contributed by atoms with Crippen LogP contribution >= 0.6 is 12.4 Å². The molecule has 0 aromatic heterocycles. The number of aliphatic hydroxyl groups is 1. The maximum absolute atomic E-state index is 10.7. The smallest absolute Gasteiger partial charge is 0.320 e. The van der Waals surface area contributed by atoms with Crippen LogP contribution in [0.2, 0.25) is 0 Å². The largest absolute Gasteiger partial charge is 0.480 e. The third kappa shape index (κ3) is 24.7. The molecule has 0 amide bonds. The lowest BCUT2D eigenvalue weighted by Gasteiger charge is -2.20. The van der Waals surface area contributed by atoms with Gasteiger partial charge < -0.3 is 26.0 Å². The van der Waals surface area contributed by atoms with Gasteiger partial charge in [0.2, 0.25) is 0 Å². The number of ether oxygens (including phenoxy) is 1. The topological polar surface area (TPSA) is 105 Å². The van der Waals surface area contributed by atoms with Gasteiger partial charge in [-0.2, -0.15) is 0 Å². The van der Waals surface area contributed by atoms with Crippen LogP contribution in [0.1, 0.15) is 129 Å². The summed E-state index contributed by atoms with van der Waals surface area (Å²) < 4.78 is 5.92. The highest BCUT2D eigenvalue weighted by atomic mass is 35.5. The van der Waals surface area contributed by atoms with Gasteiger partial charge >= 0.3 is 5.97 Å². The fourth-order valence-electron chi connectivity index (χ4n) is 4.12. The van der Waals surface area contributed by atoms with Crippen molar-refractivity contribution in [1.82, 2.24) is 5.32 Å². The molecule has 0 radical (unpaired) electrons. The normalized spacial score (nSPS) is 13.9. The third-order valence-corrected chi connectivity index (χ3v) is 6.40. The number of nitrogens with one attached hydrogen (secondary N) is 1. The molecule has 34 heavy (non-hydrogen) atoms. The number of halogens is 1. The standard InChI is InChI=1S/C27H56N2O4.ClH/c1-3-4-5-6-7-8-9-10-11-12-13-14-15-20-26(24(2)30)33-23-18-22-29-21-17-16-19-25(28)27(31)32;/h24-26,29-30H,3-23,28H2,1-2H3,(H,31,32);1H/t24?,25-,26?;/m0./s1. The predicted molar refractivity (Wildman–Crippen MR) is 146 cm³/mol. The Bertz CT molecular complexity index is 427. The second-order valence-corrected chi connectivity index (χ2v) is 9.73. The van der Waals surface area contributed by atoms with Crippen molar-refractivity contribution in [3.8, 4) is 0 Å². The van der Waals surface area contributed by atoms with Gasteiger partial charge in [0.15, 0.2) is 0 Å². The summed E-state index contributed by atoms with van der Waals surface area (Å²) in [5.41, 5.74) is 5.49. The minimum absolute atomic E-state index is 0. The van der Waals surface area contributed by atoms with E-state index in [0.717, 1.165) is 45.2 Å². The van der Waals surface area contributed by atoms with Gasteiger partial charge in [0.1, 0.15) is 6.04 Å². The molecule has 0 saturated heterocycles. The van der Waals surface area contributed by atoms with E-state index in [1.54, 1.807) is 0 Å². The number of aliphatic hydroxyl groups excluding tert-OH is 1. The van der Waals surface area contributed by atoms with E-state index in [2.05, 4.69) is 12.2 Å². The quantitative estimate of drug-likeness (QED) is 0.103. The van der Waals surface area contributed by atoms with Crippen LogP contribution in [0, 0.1) is 0 Å². The summed E-state index contributed by atoms with van der Waals surface area (Å²) in [6, 6.07) is -0.745. The highest BCUT2D eigenvalue weighted by molar-refractivity contribution is 5.85. The Kier molecular flexibility index (Phi) is 28.6. The average molecular weight is 509 g/mol. The molecule has 6 nitrogen and oxygen atoms in total. The Morgan fingerprint density at radius 2 is 1.26 bits per heavy atom. The zero-order chi connectivity index (χ0) is 24.6. The van der Waals surface area contributed by atoms with Gasteiger partial charge in [-0.1, -0.05) is 96.8 Å². The number of carboxylic acid groups (broad SMARTS) is 1. The van der Waals surface area contributed by atoms with Crippen molar-refractivity contribution in [2.24, 2.45) is 5.73 Å². The Balaban J connectivity index is 0. The highest BCUT2D eigenvalue weighted by Crippen LogP contribution is 2.15. The molecule has 0 aliphatic heterocycles. The van der Waals surface area contributed by atoms with E-state index in [0.29, 0.717) is 13.0 Å². The molecule has 0 bridgehead atoms. The summed E-state index contributed by atoms with van der Waals surface area (Å²) >= 11 is 0. The number of nitrogens with two attached hydrogens (primary N) is 1. The second kappa shape index (κ2) is 27.2. The molecular formula is C27H57ClN2O4. The molecule has 7 heteroatoms. The van der Waals surface area contributed by atoms with Crippen molar-refractivity contribution in [2.75, 3.05) is 19.7 Å². The lowest BCUT2D eigenvalue weighted by atomic mass is 10.0. The van der Waals surface area contributed by atoms with E-state index in [1.165, 1.54) is 77.0 Å². The number of carboxylic acids is 1. The Morgan fingerprint density at radius 1 is 0.794 bits per heavy atom. The first-order valence-corrected chi connectivity index (χ1v) is 14.0. The lowest BCUT2D eigenvalue weighted by molar-refractivity contribution is -0.138. The fourth-order valence-corrected chi connectivity index (χ4v) is 4.12. The Hall–Kier alpha value is -0.400. The monoisotopic (exact) mass is 508 g/mol. The van der Waals surface area contributed by atoms with Crippen molar-refractivity contribution >= 4 is 18.4 Å². The van der Waals surface area contributed by atoms with Crippen molar-refractivity contribution < 1.29 is 19.7 Å². The van der Waals surface area contributed by atoms with Crippen LogP contribution in [0.5, 0.6) is 0 Å². The fraction of sp³-hybridized carbons (Fsp3) is 0.963. The maximum Gasteiger partial charge on any atom is 0.320 e. The Morgan fingerprint density at radius 3 is 1.76 bits per heavy atom. The number of rotatable bonds is 26. The van der Waals surface area contributed by atoms with E-state index in [4.69, 9.17) is 15.6 Å². The lowest BCUT2D eigenvalue weighted by Crippen LogP contribution is -2.30. The molecule has 206 valence electrons. The molecule has 2 unspecified atom stereocenters. The summed E-state index contributed by atoms with van der Waals surface area (Å²) in [6.45, 7) is 6.49.